The third-order valence-electron chi connectivity index (χ3n) is 8.56. The predicted molar refractivity (Wildman–Crippen MR) is 153 cm³/mol. The Morgan fingerprint density at radius 2 is 1.66 bits per heavy atom. The molecule has 3 atom stereocenters. The number of rotatable bonds is 8. The molecule has 0 spiro atoms. The van der Waals surface area contributed by atoms with Gasteiger partial charge in [0.05, 0.1) is 26.0 Å². The van der Waals surface area contributed by atoms with E-state index in [9.17, 15) is 19.5 Å². The average molecular weight is 563 g/mol. The zero-order chi connectivity index (χ0) is 28.9. The summed E-state index contributed by atoms with van der Waals surface area (Å²) in [4.78, 5) is 40.3. The molecule has 2 aromatic carbocycles. The maximum atomic E-state index is 13.7. The number of carbonyl (C=O) groups excluding carboxylic acids is 2. The van der Waals surface area contributed by atoms with Crippen LogP contribution in [0, 0.1) is 11.8 Å². The highest BCUT2D eigenvalue weighted by atomic mass is 16.5. The van der Waals surface area contributed by atoms with Gasteiger partial charge in [-0.1, -0.05) is 43.2 Å². The lowest BCUT2D eigenvalue weighted by Gasteiger charge is -2.43. The molecule has 3 aliphatic rings. The Labute approximate surface area is 240 Å². The molecule has 5 rings (SSSR count). The van der Waals surface area contributed by atoms with Gasteiger partial charge >= 0.3 is 6.09 Å². The predicted octanol–water partition coefficient (Wildman–Crippen LogP) is 3.93. The fourth-order valence-corrected chi connectivity index (χ4v) is 6.44. The lowest BCUT2D eigenvalue weighted by molar-refractivity contribution is -0.143. The fraction of sp³-hybridized carbons (Fsp3) is 0.484. The van der Waals surface area contributed by atoms with Gasteiger partial charge in [-0.15, -0.1) is 0 Å². The van der Waals surface area contributed by atoms with E-state index in [2.05, 4.69) is 5.32 Å². The Balaban J connectivity index is 1.34. The van der Waals surface area contributed by atoms with Crippen LogP contribution in [-0.2, 0) is 16.0 Å². The van der Waals surface area contributed by atoms with E-state index in [-0.39, 0.29) is 36.1 Å². The molecule has 0 unspecified atom stereocenters. The lowest BCUT2D eigenvalue weighted by atomic mass is 9.73. The van der Waals surface area contributed by atoms with E-state index in [1.165, 1.54) is 0 Å². The van der Waals surface area contributed by atoms with Crippen molar-refractivity contribution in [1.29, 1.82) is 0 Å². The normalized spacial score (nSPS) is 21.9. The summed E-state index contributed by atoms with van der Waals surface area (Å²) in [5, 5.41) is 18.4. The summed E-state index contributed by atoms with van der Waals surface area (Å²) >= 11 is 0. The maximum Gasteiger partial charge on any atom is 0.405 e. The number of amides is 3. The van der Waals surface area contributed by atoms with Crippen molar-refractivity contribution in [1.82, 2.24) is 15.2 Å². The second-order valence-corrected chi connectivity index (χ2v) is 11.0. The van der Waals surface area contributed by atoms with Gasteiger partial charge < -0.3 is 24.8 Å². The fourth-order valence-electron chi connectivity index (χ4n) is 6.44. The summed E-state index contributed by atoms with van der Waals surface area (Å²) in [7, 11) is 3.21. The van der Waals surface area contributed by atoms with Crippen molar-refractivity contribution in [3.8, 4) is 11.5 Å². The number of hydrazone groups is 1. The quantitative estimate of drug-likeness (QED) is 0.503. The molecule has 0 radical (unpaired) electrons. The molecular weight excluding hydrogens is 524 g/mol. The maximum absolute atomic E-state index is 13.7. The second-order valence-electron chi connectivity index (χ2n) is 11.0. The number of benzene rings is 2. The number of nitrogens with zero attached hydrogens (tertiary/aromatic N) is 3. The summed E-state index contributed by atoms with van der Waals surface area (Å²) in [5.41, 5.74) is 2.71. The first-order valence-corrected chi connectivity index (χ1v) is 14.4. The largest absolute Gasteiger partial charge is 0.493 e. The molecule has 0 bridgehead atoms. The lowest BCUT2D eigenvalue weighted by Crippen LogP contribution is -2.55. The Hall–Kier alpha value is -4.08. The third-order valence-corrected chi connectivity index (χ3v) is 8.56. The van der Waals surface area contributed by atoms with Crippen molar-refractivity contribution in [2.45, 2.75) is 57.0 Å². The van der Waals surface area contributed by atoms with Gasteiger partial charge in [-0.25, -0.2) is 9.80 Å². The molecule has 2 fully saturated rings. The van der Waals surface area contributed by atoms with E-state index < -0.39 is 12.1 Å². The average Bonchev–Trinajstić information content (AvgIpc) is 3.01. The first kappa shape index (κ1) is 28.4. The molecule has 1 saturated heterocycles. The molecule has 0 aromatic heterocycles. The van der Waals surface area contributed by atoms with Crippen molar-refractivity contribution in [2.24, 2.45) is 16.9 Å². The Bertz CT molecular complexity index is 1290. The number of ether oxygens (including phenoxy) is 2. The number of hydrogen-bond acceptors (Lipinski definition) is 6. The molecule has 2 aliphatic heterocycles. The number of carbonyl (C=O) groups is 3. The molecule has 2 aromatic rings. The number of piperidine rings is 1. The Morgan fingerprint density at radius 3 is 2.32 bits per heavy atom. The highest BCUT2D eigenvalue weighted by molar-refractivity contribution is 6.07. The molecule has 2 heterocycles. The monoisotopic (exact) mass is 562 g/mol. The number of methoxy groups -OCH3 is 2. The van der Waals surface area contributed by atoms with Crippen molar-refractivity contribution in [3.05, 3.63) is 59.7 Å². The van der Waals surface area contributed by atoms with Gasteiger partial charge in [0, 0.05) is 36.9 Å². The molecule has 41 heavy (non-hydrogen) atoms. The van der Waals surface area contributed by atoms with Gasteiger partial charge in [0.15, 0.2) is 11.5 Å². The first-order chi connectivity index (χ1) is 19.9. The smallest absolute Gasteiger partial charge is 0.405 e. The van der Waals surface area contributed by atoms with Gasteiger partial charge in [0.2, 0.25) is 11.8 Å². The molecule has 1 aliphatic carbocycles. The van der Waals surface area contributed by atoms with Gasteiger partial charge in [-0.3, -0.25) is 9.59 Å². The summed E-state index contributed by atoms with van der Waals surface area (Å²) in [6.45, 7) is 0.852. The number of hydrogen-bond donors (Lipinski definition) is 2. The van der Waals surface area contributed by atoms with Crippen LogP contribution < -0.4 is 14.8 Å². The number of carboxylic acid groups (broad SMARTS) is 1. The SMILES string of the molecule is COc1ccc(C2=NN(C3CCN(C(=O)[C@@H](Cc4ccccc4)NC(=O)O)CC3)C(=O)[C@H]3CCCC[C@@H]23)cc1OC. The number of nitrogens with one attached hydrogen (secondary N) is 1. The topological polar surface area (TPSA) is 121 Å². The number of likely N-dealkylation sites (tertiary alicyclic amines) is 1. The van der Waals surface area contributed by atoms with Crippen LogP contribution in [0.1, 0.15) is 49.7 Å². The molecule has 1 saturated carbocycles. The highest BCUT2D eigenvalue weighted by Crippen LogP contribution is 2.40. The minimum absolute atomic E-state index is 0.0631. The number of fused-ring (bicyclic) bond motifs is 1. The van der Waals surface area contributed by atoms with Crippen molar-refractivity contribution >= 4 is 23.6 Å². The summed E-state index contributed by atoms with van der Waals surface area (Å²) in [6, 6.07) is 14.1. The van der Waals surface area contributed by atoms with Crippen LogP contribution >= 0.6 is 0 Å². The van der Waals surface area contributed by atoms with E-state index >= 15 is 0 Å². The van der Waals surface area contributed by atoms with Crippen LogP contribution in [0.25, 0.3) is 0 Å². The van der Waals surface area contributed by atoms with Crippen molar-refractivity contribution in [2.75, 3.05) is 27.3 Å². The van der Waals surface area contributed by atoms with E-state index in [1.54, 1.807) is 24.1 Å². The Morgan fingerprint density at radius 1 is 0.976 bits per heavy atom. The highest BCUT2D eigenvalue weighted by Gasteiger charge is 2.44. The molecular formula is C31H38N4O6. The molecule has 3 amide bonds. The zero-order valence-corrected chi connectivity index (χ0v) is 23.6. The molecule has 2 N–H and O–H groups in total. The van der Waals surface area contributed by atoms with Crippen LogP contribution in [0.3, 0.4) is 0 Å². The van der Waals surface area contributed by atoms with Crippen molar-refractivity contribution in [3.63, 3.8) is 0 Å². The van der Waals surface area contributed by atoms with Gasteiger partial charge in [0.1, 0.15) is 6.04 Å². The van der Waals surface area contributed by atoms with E-state index in [0.717, 1.165) is 42.5 Å². The minimum Gasteiger partial charge on any atom is -0.493 e. The minimum atomic E-state index is -1.23. The van der Waals surface area contributed by atoms with E-state index in [0.29, 0.717) is 37.4 Å². The van der Waals surface area contributed by atoms with E-state index in [4.69, 9.17) is 14.6 Å². The van der Waals surface area contributed by atoms with Gasteiger partial charge in [-0.2, -0.15) is 5.10 Å². The van der Waals surface area contributed by atoms with Crippen LogP contribution in [0.2, 0.25) is 0 Å². The molecule has 10 nitrogen and oxygen atoms in total. The summed E-state index contributed by atoms with van der Waals surface area (Å²) < 4.78 is 11.0. The van der Waals surface area contributed by atoms with Crippen molar-refractivity contribution < 1.29 is 29.0 Å². The molecule has 218 valence electrons. The summed E-state index contributed by atoms with van der Waals surface area (Å²) in [5.74, 6) is 1.03. The third kappa shape index (κ3) is 6.16. The van der Waals surface area contributed by atoms with Gasteiger partial charge in [-0.05, 0) is 49.4 Å². The first-order valence-electron chi connectivity index (χ1n) is 14.4. The van der Waals surface area contributed by atoms with Gasteiger partial charge in [0.25, 0.3) is 0 Å². The van der Waals surface area contributed by atoms with Crippen LogP contribution in [-0.4, -0.2) is 78.0 Å². The Kier molecular flexibility index (Phi) is 8.75. The van der Waals surface area contributed by atoms with Crippen LogP contribution in [0.4, 0.5) is 4.79 Å². The van der Waals surface area contributed by atoms with E-state index in [1.807, 2.05) is 48.5 Å². The van der Waals surface area contributed by atoms with Crippen LogP contribution in [0.5, 0.6) is 11.5 Å². The standard InChI is InChI=1S/C31H38N4O6/c1-40-26-13-12-21(19-27(26)41-2)28-23-10-6-7-11-24(23)29(36)35(33-28)22-14-16-34(17-15-22)30(37)25(32-31(38)39)18-20-8-4-3-5-9-20/h3-5,8-9,12-13,19,22-25,32H,6-7,10-11,14-18H2,1-2H3,(H,38,39)/t23-,24+,25-/m1/s1. The zero-order valence-electron chi connectivity index (χ0n) is 23.6. The second kappa shape index (κ2) is 12.6. The molecule has 10 heteroatoms. The summed E-state index contributed by atoms with van der Waals surface area (Å²) in [6.07, 6.45) is 4.04. The van der Waals surface area contributed by atoms with Crippen LogP contribution in [0.15, 0.2) is 53.6 Å².